The highest BCUT2D eigenvalue weighted by molar-refractivity contribution is 9.10. The molecular weight excluding hydrogens is 334 g/mol. The van der Waals surface area contributed by atoms with Gasteiger partial charge in [0.2, 0.25) is 0 Å². The third kappa shape index (κ3) is 4.62. The number of hydrogen-bond donors (Lipinski definition) is 1. The van der Waals surface area contributed by atoms with Crippen LogP contribution in [-0.2, 0) is 13.2 Å². The molecule has 1 aromatic heterocycles. The van der Waals surface area contributed by atoms with E-state index in [1.54, 1.807) is 11.3 Å². The van der Waals surface area contributed by atoms with Gasteiger partial charge in [0, 0.05) is 22.1 Å². The first-order chi connectivity index (χ1) is 9.46. The van der Waals surface area contributed by atoms with Crippen molar-refractivity contribution in [1.29, 1.82) is 0 Å². The normalized spacial score (nSPS) is 11.6. The second-order valence-electron chi connectivity index (χ2n) is 5.69. The number of rotatable bonds is 5. The topological polar surface area (TPSA) is 21.3 Å². The molecule has 4 heteroatoms. The Labute approximate surface area is 133 Å². The molecule has 1 aromatic carbocycles. The molecule has 2 rings (SSSR count). The number of hydrogen-bond acceptors (Lipinski definition) is 3. The van der Waals surface area contributed by atoms with E-state index in [4.69, 9.17) is 4.74 Å². The lowest BCUT2D eigenvalue weighted by atomic mass is 10.1. The number of benzene rings is 1. The maximum atomic E-state index is 5.97. The van der Waals surface area contributed by atoms with E-state index in [2.05, 4.69) is 59.5 Å². The van der Waals surface area contributed by atoms with E-state index < -0.39 is 0 Å². The van der Waals surface area contributed by atoms with Crippen LogP contribution in [0.4, 0.5) is 0 Å². The number of nitrogens with one attached hydrogen (secondary N) is 1. The summed E-state index contributed by atoms with van der Waals surface area (Å²) in [6.07, 6.45) is 0. The molecule has 2 nitrogen and oxygen atoms in total. The molecule has 0 atom stereocenters. The molecule has 0 aliphatic rings. The Bertz CT molecular complexity index is 560. The second-order valence-corrected chi connectivity index (χ2v) is 7.55. The predicted octanol–water partition coefficient (Wildman–Crippen LogP) is 4.98. The van der Waals surface area contributed by atoms with Crippen molar-refractivity contribution >= 4 is 27.3 Å². The minimum absolute atomic E-state index is 0.101. The maximum Gasteiger partial charge on any atom is 0.124 e. The SMILES string of the molecule is CC(C)(C)NCc1ccccc1OCc1sccc1Br. The minimum atomic E-state index is 0.101. The summed E-state index contributed by atoms with van der Waals surface area (Å²) < 4.78 is 7.09. The largest absolute Gasteiger partial charge is 0.488 e. The van der Waals surface area contributed by atoms with Gasteiger partial charge in [-0.15, -0.1) is 11.3 Å². The molecule has 0 spiro atoms. The summed E-state index contributed by atoms with van der Waals surface area (Å²) in [6.45, 7) is 7.91. The first kappa shape index (κ1) is 15.5. The first-order valence-corrected chi connectivity index (χ1v) is 8.30. The molecule has 0 saturated heterocycles. The van der Waals surface area contributed by atoms with Crippen LogP contribution in [0.1, 0.15) is 31.2 Å². The van der Waals surface area contributed by atoms with E-state index in [1.165, 1.54) is 10.4 Å². The van der Waals surface area contributed by atoms with E-state index >= 15 is 0 Å². The summed E-state index contributed by atoms with van der Waals surface area (Å²) in [5.41, 5.74) is 1.29. The van der Waals surface area contributed by atoms with Crippen LogP contribution in [0.25, 0.3) is 0 Å². The molecule has 0 bridgehead atoms. The van der Waals surface area contributed by atoms with Gasteiger partial charge in [-0.2, -0.15) is 0 Å². The van der Waals surface area contributed by atoms with Crippen molar-refractivity contribution in [3.8, 4) is 5.75 Å². The van der Waals surface area contributed by atoms with Gasteiger partial charge in [-0.1, -0.05) is 18.2 Å². The number of para-hydroxylation sites is 1. The van der Waals surface area contributed by atoms with Crippen LogP contribution in [0.2, 0.25) is 0 Å². The van der Waals surface area contributed by atoms with Crippen LogP contribution in [0, 0.1) is 0 Å². The lowest BCUT2D eigenvalue weighted by Crippen LogP contribution is -2.35. The van der Waals surface area contributed by atoms with Gasteiger partial charge in [-0.25, -0.2) is 0 Å². The Balaban J connectivity index is 2.02. The molecule has 1 N–H and O–H groups in total. The van der Waals surface area contributed by atoms with Gasteiger partial charge in [-0.3, -0.25) is 0 Å². The molecule has 0 aliphatic carbocycles. The Morgan fingerprint density at radius 1 is 1.20 bits per heavy atom. The molecule has 0 aliphatic heterocycles. The van der Waals surface area contributed by atoms with Gasteiger partial charge in [0.25, 0.3) is 0 Å². The van der Waals surface area contributed by atoms with Crippen LogP contribution >= 0.6 is 27.3 Å². The fraction of sp³-hybridized carbons (Fsp3) is 0.375. The molecule has 1 heterocycles. The summed E-state index contributed by atoms with van der Waals surface area (Å²) >= 11 is 5.24. The summed E-state index contributed by atoms with van der Waals surface area (Å²) in [7, 11) is 0. The van der Waals surface area contributed by atoms with Crippen LogP contribution in [0.15, 0.2) is 40.2 Å². The molecular formula is C16H20BrNOS. The minimum Gasteiger partial charge on any atom is -0.488 e. The highest BCUT2D eigenvalue weighted by Crippen LogP contribution is 2.26. The number of thiophene rings is 1. The lowest BCUT2D eigenvalue weighted by Gasteiger charge is -2.21. The molecule has 0 radical (unpaired) electrons. The molecule has 2 aromatic rings. The quantitative estimate of drug-likeness (QED) is 0.818. The average Bonchev–Trinajstić information content (AvgIpc) is 2.79. The molecule has 0 fully saturated rings. The average molecular weight is 354 g/mol. The Morgan fingerprint density at radius 3 is 2.60 bits per heavy atom. The van der Waals surface area contributed by atoms with Crippen molar-refractivity contribution in [2.75, 3.05) is 0 Å². The lowest BCUT2D eigenvalue weighted by molar-refractivity contribution is 0.303. The third-order valence-corrected chi connectivity index (χ3v) is 4.73. The molecule has 0 saturated carbocycles. The van der Waals surface area contributed by atoms with Crippen molar-refractivity contribution in [3.05, 3.63) is 50.6 Å². The zero-order valence-corrected chi connectivity index (χ0v) is 14.5. The van der Waals surface area contributed by atoms with E-state index in [-0.39, 0.29) is 5.54 Å². The molecule has 20 heavy (non-hydrogen) atoms. The highest BCUT2D eigenvalue weighted by Gasteiger charge is 2.11. The fourth-order valence-electron chi connectivity index (χ4n) is 1.72. The molecule has 108 valence electrons. The van der Waals surface area contributed by atoms with Gasteiger partial charge in [0.15, 0.2) is 0 Å². The Hall–Kier alpha value is -0.840. The fourth-order valence-corrected chi connectivity index (χ4v) is 3.10. The van der Waals surface area contributed by atoms with Crippen molar-refractivity contribution in [1.82, 2.24) is 5.32 Å². The molecule has 0 unspecified atom stereocenters. The van der Waals surface area contributed by atoms with Crippen LogP contribution in [-0.4, -0.2) is 5.54 Å². The maximum absolute atomic E-state index is 5.97. The standard InChI is InChI=1S/C16H20BrNOS/c1-16(2,3)18-10-12-6-4-5-7-14(12)19-11-15-13(17)8-9-20-15/h4-9,18H,10-11H2,1-3H3. The van der Waals surface area contributed by atoms with Crippen molar-refractivity contribution in [2.24, 2.45) is 0 Å². The smallest absolute Gasteiger partial charge is 0.124 e. The zero-order valence-electron chi connectivity index (χ0n) is 12.1. The van der Waals surface area contributed by atoms with E-state index in [0.717, 1.165) is 16.8 Å². The van der Waals surface area contributed by atoms with Crippen LogP contribution in [0.3, 0.4) is 0 Å². The number of ether oxygens (including phenoxy) is 1. The van der Waals surface area contributed by atoms with E-state index in [1.807, 2.05) is 18.2 Å². The van der Waals surface area contributed by atoms with Crippen molar-refractivity contribution in [2.45, 2.75) is 39.5 Å². The van der Waals surface area contributed by atoms with Gasteiger partial charge in [0.05, 0.1) is 4.88 Å². The van der Waals surface area contributed by atoms with Gasteiger partial charge < -0.3 is 10.1 Å². The second kappa shape index (κ2) is 6.74. The summed E-state index contributed by atoms with van der Waals surface area (Å²) in [4.78, 5) is 1.21. The van der Waals surface area contributed by atoms with E-state index in [9.17, 15) is 0 Å². The number of halogens is 1. The van der Waals surface area contributed by atoms with Gasteiger partial charge in [0.1, 0.15) is 12.4 Å². The Morgan fingerprint density at radius 2 is 1.95 bits per heavy atom. The zero-order chi connectivity index (χ0) is 14.6. The Kier molecular flexibility index (Phi) is 5.24. The van der Waals surface area contributed by atoms with Crippen molar-refractivity contribution < 1.29 is 4.74 Å². The van der Waals surface area contributed by atoms with Gasteiger partial charge in [-0.05, 0) is 54.2 Å². The van der Waals surface area contributed by atoms with E-state index in [0.29, 0.717) is 6.61 Å². The summed E-state index contributed by atoms with van der Waals surface area (Å²) in [6, 6.07) is 10.3. The predicted molar refractivity (Wildman–Crippen MR) is 89.4 cm³/mol. The monoisotopic (exact) mass is 353 g/mol. The summed E-state index contributed by atoms with van der Waals surface area (Å²) in [5, 5.41) is 5.56. The third-order valence-electron chi connectivity index (χ3n) is 2.83. The first-order valence-electron chi connectivity index (χ1n) is 6.63. The van der Waals surface area contributed by atoms with Crippen LogP contribution < -0.4 is 10.1 Å². The van der Waals surface area contributed by atoms with Crippen molar-refractivity contribution in [3.63, 3.8) is 0 Å². The van der Waals surface area contributed by atoms with Crippen LogP contribution in [0.5, 0.6) is 5.75 Å². The molecule has 0 amide bonds. The summed E-state index contributed by atoms with van der Waals surface area (Å²) in [5.74, 6) is 0.949. The van der Waals surface area contributed by atoms with Gasteiger partial charge >= 0.3 is 0 Å². The highest BCUT2D eigenvalue weighted by atomic mass is 79.9.